The van der Waals surface area contributed by atoms with E-state index in [0.29, 0.717) is 0 Å². The van der Waals surface area contributed by atoms with Gasteiger partial charge in [-0.15, -0.1) is 0 Å². The van der Waals surface area contributed by atoms with Crippen LogP contribution in [0.2, 0.25) is 0 Å². The molecule has 0 aromatic heterocycles. The van der Waals surface area contributed by atoms with Crippen molar-refractivity contribution in [3.8, 4) is 0 Å². The fourth-order valence-corrected chi connectivity index (χ4v) is 2.65. The van der Waals surface area contributed by atoms with E-state index in [9.17, 15) is 19.2 Å². The van der Waals surface area contributed by atoms with E-state index < -0.39 is 30.2 Å². The van der Waals surface area contributed by atoms with Gasteiger partial charge in [0.25, 0.3) is 11.8 Å². The lowest BCUT2D eigenvalue weighted by Crippen LogP contribution is -2.44. The van der Waals surface area contributed by atoms with E-state index in [2.05, 4.69) is 4.74 Å². The maximum atomic E-state index is 12.6. The molecule has 0 radical (unpaired) electrons. The van der Waals surface area contributed by atoms with Crippen molar-refractivity contribution in [3.63, 3.8) is 0 Å². The molecule has 146 valence electrons. The molecule has 9 nitrogen and oxygen atoms in total. The number of fused-ring (bicyclic) bond motifs is 1. The van der Waals surface area contributed by atoms with Crippen LogP contribution in [-0.2, 0) is 19.1 Å². The Kier molecular flexibility index (Phi) is 7.44. The van der Waals surface area contributed by atoms with Crippen molar-refractivity contribution >= 4 is 23.7 Å². The summed E-state index contributed by atoms with van der Waals surface area (Å²) >= 11 is 0. The van der Waals surface area contributed by atoms with Gasteiger partial charge in [-0.25, -0.2) is 0 Å². The lowest BCUT2D eigenvalue weighted by molar-refractivity contribution is -0.142. The average Bonchev–Trinajstić information content (AvgIpc) is 2.92. The van der Waals surface area contributed by atoms with Crippen LogP contribution in [0.4, 0.5) is 0 Å². The standard InChI is InChI=1S/C18H22N2O7/c1-26-16(23)6-7-19(8-10-27-11-9-21)15(22)12-20-17(24)13-4-2-3-5-14(13)18(20)25/h2-5,21H,6-12H2,1H3. The van der Waals surface area contributed by atoms with Gasteiger partial charge in [-0.2, -0.15) is 0 Å². The number of imide groups is 1. The fourth-order valence-electron chi connectivity index (χ4n) is 2.65. The minimum Gasteiger partial charge on any atom is -0.469 e. The number of esters is 1. The molecule has 1 heterocycles. The number of nitrogens with zero attached hydrogens (tertiary/aromatic N) is 2. The van der Waals surface area contributed by atoms with Crippen LogP contribution < -0.4 is 0 Å². The van der Waals surface area contributed by atoms with E-state index >= 15 is 0 Å². The van der Waals surface area contributed by atoms with E-state index in [-0.39, 0.29) is 50.5 Å². The minimum absolute atomic E-state index is 0.0235. The number of amides is 3. The van der Waals surface area contributed by atoms with Crippen LogP contribution in [0.15, 0.2) is 24.3 Å². The number of carbonyl (C=O) groups is 4. The van der Waals surface area contributed by atoms with E-state index in [1.165, 1.54) is 24.1 Å². The van der Waals surface area contributed by atoms with Gasteiger partial charge in [-0.05, 0) is 12.1 Å². The summed E-state index contributed by atoms with van der Waals surface area (Å²) in [5, 5.41) is 8.73. The summed E-state index contributed by atoms with van der Waals surface area (Å²) in [6, 6.07) is 6.38. The fraction of sp³-hybridized carbons (Fsp3) is 0.444. The van der Waals surface area contributed by atoms with E-state index in [4.69, 9.17) is 9.84 Å². The Morgan fingerprint density at radius 3 is 2.26 bits per heavy atom. The first kappa shape index (κ1) is 20.5. The van der Waals surface area contributed by atoms with Crippen LogP contribution in [-0.4, -0.2) is 85.2 Å². The zero-order valence-electron chi connectivity index (χ0n) is 15.1. The molecule has 1 aliphatic rings. The summed E-state index contributed by atoms with van der Waals surface area (Å²) in [6.45, 7) is -0.0815. The highest BCUT2D eigenvalue weighted by Crippen LogP contribution is 2.22. The lowest BCUT2D eigenvalue weighted by Gasteiger charge is -2.24. The van der Waals surface area contributed by atoms with Crippen molar-refractivity contribution in [1.82, 2.24) is 9.80 Å². The molecular formula is C18H22N2O7. The predicted octanol–water partition coefficient (Wildman–Crippen LogP) is -0.317. The smallest absolute Gasteiger partial charge is 0.307 e. The Balaban J connectivity index is 2.02. The molecule has 0 saturated heterocycles. The maximum Gasteiger partial charge on any atom is 0.307 e. The molecule has 0 unspecified atom stereocenters. The number of hydrogen-bond donors (Lipinski definition) is 1. The second kappa shape index (κ2) is 9.79. The van der Waals surface area contributed by atoms with Crippen LogP contribution in [0.25, 0.3) is 0 Å². The van der Waals surface area contributed by atoms with Gasteiger partial charge in [0.15, 0.2) is 0 Å². The monoisotopic (exact) mass is 378 g/mol. The molecule has 27 heavy (non-hydrogen) atoms. The van der Waals surface area contributed by atoms with E-state index in [1.807, 2.05) is 0 Å². The summed E-state index contributed by atoms with van der Waals surface area (Å²) in [6.07, 6.45) is -0.0235. The zero-order valence-corrected chi connectivity index (χ0v) is 15.1. The largest absolute Gasteiger partial charge is 0.469 e. The van der Waals surface area contributed by atoms with Gasteiger partial charge in [-0.1, -0.05) is 12.1 Å². The molecule has 0 fully saturated rings. The van der Waals surface area contributed by atoms with Crippen molar-refractivity contribution in [2.45, 2.75) is 6.42 Å². The highest BCUT2D eigenvalue weighted by atomic mass is 16.5. The van der Waals surface area contributed by atoms with Gasteiger partial charge in [0, 0.05) is 13.1 Å². The van der Waals surface area contributed by atoms with Crippen LogP contribution in [0.3, 0.4) is 0 Å². The Bertz CT molecular complexity index is 684. The molecule has 1 N–H and O–H groups in total. The topological polar surface area (TPSA) is 113 Å². The molecule has 0 bridgehead atoms. The Labute approximate surface area is 156 Å². The number of aliphatic hydroxyl groups is 1. The number of ether oxygens (including phenoxy) is 2. The molecule has 2 rings (SSSR count). The van der Waals surface area contributed by atoms with E-state index in [1.54, 1.807) is 12.1 Å². The van der Waals surface area contributed by atoms with Crippen LogP contribution >= 0.6 is 0 Å². The Morgan fingerprint density at radius 1 is 1.07 bits per heavy atom. The van der Waals surface area contributed by atoms with Gasteiger partial charge < -0.3 is 19.5 Å². The second-order valence-corrected chi connectivity index (χ2v) is 5.78. The van der Waals surface area contributed by atoms with Crippen molar-refractivity contribution in [3.05, 3.63) is 35.4 Å². The summed E-state index contributed by atoms with van der Waals surface area (Å²) < 4.78 is 9.73. The van der Waals surface area contributed by atoms with Gasteiger partial charge >= 0.3 is 5.97 Å². The summed E-state index contributed by atoms with van der Waals surface area (Å²) in [5.41, 5.74) is 0.533. The lowest BCUT2D eigenvalue weighted by atomic mass is 10.1. The molecule has 1 aromatic carbocycles. The van der Waals surface area contributed by atoms with Gasteiger partial charge in [0.05, 0.1) is 44.5 Å². The number of aliphatic hydroxyl groups excluding tert-OH is 1. The van der Waals surface area contributed by atoms with Crippen molar-refractivity contribution in [2.24, 2.45) is 0 Å². The molecule has 1 aliphatic heterocycles. The van der Waals surface area contributed by atoms with Gasteiger partial charge in [0.1, 0.15) is 6.54 Å². The number of methoxy groups -OCH3 is 1. The summed E-state index contributed by atoms with van der Waals surface area (Å²) in [7, 11) is 1.25. The van der Waals surface area contributed by atoms with Gasteiger partial charge in [-0.3, -0.25) is 24.1 Å². The van der Waals surface area contributed by atoms with Crippen molar-refractivity contribution < 1.29 is 33.8 Å². The highest BCUT2D eigenvalue weighted by Gasteiger charge is 2.37. The molecule has 3 amide bonds. The summed E-state index contributed by atoms with van der Waals surface area (Å²) in [4.78, 5) is 51.0. The number of benzene rings is 1. The third kappa shape index (κ3) is 5.11. The van der Waals surface area contributed by atoms with Crippen LogP contribution in [0, 0.1) is 0 Å². The maximum absolute atomic E-state index is 12.6. The molecule has 0 aliphatic carbocycles. The Morgan fingerprint density at radius 2 is 1.70 bits per heavy atom. The molecule has 0 atom stereocenters. The quantitative estimate of drug-likeness (QED) is 0.337. The first-order chi connectivity index (χ1) is 13.0. The average molecular weight is 378 g/mol. The second-order valence-electron chi connectivity index (χ2n) is 5.78. The SMILES string of the molecule is COC(=O)CCN(CCOCCO)C(=O)CN1C(=O)c2ccccc2C1=O. The zero-order chi connectivity index (χ0) is 19.8. The summed E-state index contributed by atoms with van der Waals surface area (Å²) in [5.74, 6) is -2.01. The molecular weight excluding hydrogens is 356 g/mol. The number of rotatable bonds is 10. The van der Waals surface area contributed by atoms with Gasteiger partial charge in [0.2, 0.25) is 5.91 Å². The third-order valence-corrected chi connectivity index (χ3v) is 4.08. The number of hydrogen-bond acceptors (Lipinski definition) is 7. The predicted molar refractivity (Wildman–Crippen MR) is 92.9 cm³/mol. The normalized spacial score (nSPS) is 12.9. The molecule has 0 spiro atoms. The van der Waals surface area contributed by atoms with Crippen molar-refractivity contribution in [2.75, 3.05) is 46.6 Å². The first-order valence-corrected chi connectivity index (χ1v) is 8.48. The third-order valence-electron chi connectivity index (χ3n) is 4.08. The molecule has 0 saturated carbocycles. The minimum atomic E-state index is -0.520. The van der Waals surface area contributed by atoms with Crippen LogP contribution in [0.1, 0.15) is 27.1 Å². The van der Waals surface area contributed by atoms with Crippen LogP contribution in [0.5, 0.6) is 0 Å². The number of carbonyl (C=O) groups excluding carboxylic acids is 4. The Hall–Kier alpha value is -2.78. The van der Waals surface area contributed by atoms with Crippen molar-refractivity contribution in [1.29, 1.82) is 0 Å². The molecule has 9 heteroatoms. The molecule has 1 aromatic rings. The van der Waals surface area contributed by atoms with E-state index in [0.717, 1.165) is 4.90 Å². The highest BCUT2D eigenvalue weighted by molar-refractivity contribution is 6.22. The first-order valence-electron chi connectivity index (χ1n) is 8.48.